The average Bonchev–Trinajstić information content (AvgIpc) is 2.71. The van der Waals surface area contributed by atoms with Gasteiger partial charge in [-0.05, 0) is 0 Å². The Kier molecular flexibility index (Phi) is 12.9. The van der Waals surface area contributed by atoms with E-state index in [0.29, 0.717) is 46.2 Å². The van der Waals surface area contributed by atoms with Crippen molar-refractivity contribution < 1.29 is 43.0 Å². The number of hydrogen-bond donors (Lipinski definition) is 1. The highest BCUT2D eigenvalue weighted by Crippen LogP contribution is 2.27. The lowest BCUT2D eigenvalue weighted by molar-refractivity contribution is -0.145. The first-order valence-corrected chi connectivity index (χ1v) is 11.6. The standard InChI is InChI=1S/C14H26O5.C9H18O4/c1-13(9-18-10-13)7-16-5-3-15-4-6-17-8-14(2)11-19-12-14;1-9(7-13-8-9)6-12-5-4-11-3-2-10/h3-12H2,1-2H3;10H,2-8H2,1H3. The van der Waals surface area contributed by atoms with Crippen molar-refractivity contribution in [3.63, 3.8) is 0 Å². The van der Waals surface area contributed by atoms with E-state index < -0.39 is 0 Å². The maximum absolute atomic E-state index is 8.42. The lowest BCUT2D eigenvalue weighted by atomic mass is 9.90. The second-order valence-electron chi connectivity index (χ2n) is 10.0. The molecule has 3 fully saturated rings. The molecule has 3 aliphatic heterocycles. The van der Waals surface area contributed by atoms with Gasteiger partial charge < -0.3 is 43.0 Å². The minimum atomic E-state index is 0.0750. The molecule has 0 saturated carbocycles. The van der Waals surface area contributed by atoms with Gasteiger partial charge in [0.25, 0.3) is 0 Å². The number of aliphatic hydroxyl groups is 1. The summed E-state index contributed by atoms with van der Waals surface area (Å²) in [5.41, 5.74) is 0.670. The molecular formula is C23H44O9. The Balaban J connectivity index is 0.000000244. The van der Waals surface area contributed by atoms with Crippen LogP contribution in [0, 0.1) is 16.2 Å². The van der Waals surface area contributed by atoms with Crippen molar-refractivity contribution in [1.29, 1.82) is 0 Å². The van der Waals surface area contributed by atoms with E-state index in [1.54, 1.807) is 0 Å². The summed E-state index contributed by atoms with van der Waals surface area (Å²) in [7, 11) is 0. The fraction of sp³-hybridized carbons (Fsp3) is 1.00. The molecule has 0 aromatic carbocycles. The first-order valence-electron chi connectivity index (χ1n) is 11.6. The molecule has 0 amide bonds. The molecule has 0 spiro atoms. The fourth-order valence-corrected chi connectivity index (χ4v) is 3.18. The summed E-state index contributed by atoms with van der Waals surface area (Å²) in [5.74, 6) is 0. The van der Waals surface area contributed by atoms with Gasteiger partial charge in [0.2, 0.25) is 0 Å². The van der Waals surface area contributed by atoms with Gasteiger partial charge in [0.05, 0.1) is 112 Å². The molecule has 1 N–H and O–H groups in total. The predicted octanol–water partition coefficient (Wildman–Crippen LogP) is 1.16. The van der Waals surface area contributed by atoms with Crippen LogP contribution in [0.25, 0.3) is 0 Å². The average molecular weight is 465 g/mol. The smallest absolute Gasteiger partial charge is 0.0701 e. The van der Waals surface area contributed by atoms with Gasteiger partial charge in [-0.25, -0.2) is 0 Å². The number of hydrogen-bond acceptors (Lipinski definition) is 9. The third kappa shape index (κ3) is 11.2. The molecule has 0 atom stereocenters. The van der Waals surface area contributed by atoms with E-state index >= 15 is 0 Å². The third-order valence-electron chi connectivity index (χ3n) is 5.41. The molecule has 190 valence electrons. The van der Waals surface area contributed by atoms with E-state index in [0.717, 1.165) is 59.5 Å². The van der Waals surface area contributed by atoms with E-state index in [2.05, 4.69) is 20.8 Å². The Morgan fingerprint density at radius 3 is 1.03 bits per heavy atom. The zero-order chi connectivity index (χ0) is 23.2. The van der Waals surface area contributed by atoms with Gasteiger partial charge in [0.1, 0.15) is 0 Å². The van der Waals surface area contributed by atoms with Crippen LogP contribution in [0.5, 0.6) is 0 Å². The van der Waals surface area contributed by atoms with Gasteiger partial charge >= 0.3 is 0 Å². The summed E-state index contributed by atoms with van der Waals surface area (Å²) in [6, 6.07) is 0. The molecule has 0 radical (unpaired) electrons. The highest BCUT2D eigenvalue weighted by atomic mass is 16.6. The summed E-state index contributed by atoms with van der Waals surface area (Å²) < 4.78 is 42.4. The van der Waals surface area contributed by atoms with Gasteiger partial charge in [-0.15, -0.1) is 0 Å². The largest absolute Gasteiger partial charge is 0.394 e. The van der Waals surface area contributed by atoms with Gasteiger partial charge in [0.15, 0.2) is 0 Å². The molecule has 32 heavy (non-hydrogen) atoms. The molecule has 0 aliphatic carbocycles. The van der Waals surface area contributed by atoms with Crippen molar-refractivity contribution in [2.45, 2.75) is 20.8 Å². The van der Waals surface area contributed by atoms with E-state index in [1.807, 2.05) is 0 Å². The summed E-state index contributed by atoms with van der Waals surface area (Å²) in [5, 5.41) is 8.42. The van der Waals surface area contributed by atoms with Crippen LogP contribution in [0.2, 0.25) is 0 Å². The van der Waals surface area contributed by atoms with E-state index in [9.17, 15) is 0 Å². The molecule has 3 rings (SSSR count). The van der Waals surface area contributed by atoms with Gasteiger partial charge in [0, 0.05) is 16.2 Å². The molecule has 0 aromatic rings. The van der Waals surface area contributed by atoms with Crippen molar-refractivity contribution in [1.82, 2.24) is 0 Å². The highest BCUT2D eigenvalue weighted by Gasteiger charge is 2.34. The Hall–Kier alpha value is -0.360. The van der Waals surface area contributed by atoms with Crippen LogP contribution in [0.1, 0.15) is 20.8 Å². The fourth-order valence-electron chi connectivity index (χ4n) is 3.18. The molecule has 0 bridgehead atoms. The quantitative estimate of drug-likeness (QED) is 0.318. The second kappa shape index (κ2) is 14.8. The summed E-state index contributed by atoms with van der Waals surface area (Å²) >= 11 is 0. The third-order valence-corrected chi connectivity index (χ3v) is 5.41. The Bertz CT molecular complexity index is 450. The molecule has 3 aliphatic rings. The van der Waals surface area contributed by atoms with E-state index in [4.69, 9.17) is 43.0 Å². The zero-order valence-electron chi connectivity index (χ0n) is 20.2. The van der Waals surface area contributed by atoms with Crippen LogP contribution in [0.3, 0.4) is 0 Å². The monoisotopic (exact) mass is 464 g/mol. The number of aliphatic hydroxyl groups excluding tert-OH is 1. The van der Waals surface area contributed by atoms with E-state index in [1.165, 1.54) is 0 Å². The summed E-state index contributed by atoms with van der Waals surface area (Å²) in [6.45, 7) is 17.7. The topological polar surface area (TPSA) is 94.1 Å². The maximum atomic E-state index is 8.42. The zero-order valence-corrected chi connectivity index (χ0v) is 20.2. The molecule has 3 saturated heterocycles. The van der Waals surface area contributed by atoms with Gasteiger partial charge in [-0.1, -0.05) is 20.8 Å². The molecule has 9 heteroatoms. The number of rotatable bonds is 17. The summed E-state index contributed by atoms with van der Waals surface area (Å²) in [4.78, 5) is 0. The summed E-state index contributed by atoms with van der Waals surface area (Å²) in [6.07, 6.45) is 0. The molecule has 0 unspecified atom stereocenters. The second-order valence-corrected chi connectivity index (χ2v) is 10.0. The Labute approximate surface area is 192 Å². The van der Waals surface area contributed by atoms with Crippen molar-refractivity contribution in [2.24, 2.45) is 16.2 Å². The van der Waals surface area contributed by atoms with Crippen LogP contribution >= 0.6 is 0 Å². The molecule has 3 heterocycles. The van der Waals surface area contributed by atoms with Gasteiger partial charge in [-0.3, -0.25) is 0 Å². The maximum Gasteiger partial charge on any atom is 0.0701 e. The van der Waals surface area contributed by atoms with Crippen LogP contribution in [0.15, 0.2) is 0 Å². The van der Waals surface area contributed by atoms with Gasteiger partial charge in [-0.2, -0.15) is 0 Å². The van der Waals surface area contributed by atoms with Crippen LogP contribution in [-0.2, 0) is 37.9 Å². The van der Waals surface area contributed by atoms with Crippen LogP contribution in [-0.4, -0.2) is 117 Å². The highest BCUT2D eigenvalue weighted by molar-refractivity contribution is 4.81. The lowest BCUT2D eigenvalue weighted by Crippen LogP contribution is -2.43. The van der Waals surface area contributed by atoms with Crippen molar-refractivity contribution in [3.05, 3.63) is 0 Å². The first kappa shape index (κ1) is 27.9. The van der Waals surface area contributed by atoms with E-state index in [-0.39, 0.29) is 22.9 Å². The van der Waals surface area contributed by atoms with Crippen LogP contribution < -0.4 is 0 Å². The lowest BCUT2D eigenvalue weighted by Gasteiger charge is -2.37. The predicted molar refractivity (Wildman–Crippen MR) is 118 cm³/mol. The van der Waals surface area contributed by atoms with Crippen molar-refractivity contribution in [3.8, 4) is 0 Å². The normalized spacial score (nSPS) is 22.1. The molecule has 9 nitrogen and oxygen atoms in total. The minimum Gasteiger partial charge on any atom is -0.394 e. The number of ether oxygens (including phenoxy) is 8. The Morgan fingerprint density at radius 1 is 0.500 bits per heavy atom. The Morgan fingerprint density at radius 2 is 0.781 bits per heavy atom. The van der Waals surface area contributed by atoms with Crippen LogP contribution in [0.4, 0.5) is 0 Å². The van der Waals surface area contributed by atoms with Crippen molar-refractivity contribution >= 4 is 0 Å². The minimum absolute atomic E-state index is 0.0750. The first-order chi connectivity index (χ1) is 15.4. The molecule has 0 aromatic heterocycles. The van der Waals surface area contributed by atoms with Crippen molar-refractivity contribution in [2.75, 3.05) is 112 Å². The SMILES string of the molecule is CC1(COCCOCCO)COC1.CC1(COCCOCCOCC2(C)COC2)COC1. The molecular weight excluding hydrogens is 420 g/mol.